The van der Waals surface area contributed by atoms with E-state index in [4.69, 9.17) is 4.74 Å². The minimum Gasteiger partial charge on any atom is -0.508 e. The number of hydrogen-bond acceptors (Lipinski definition) is 4. The summed E-state index contributed by atoms with van der Waals surface area (Å²) in [5.74, 6) is 1.10. The van der Waals surface area contributed by atoms with Gasteiger partial charge in [0.25, 0.3) is 0 Å². The number of allylic oxidation sites excluding steroid dienone is 2. The molecular formula is C28H36N2O2. The maximum Gasteiger partial charge on any atom is 0.117 e. The highest BCUT2D eigenvalue weighted by Crippen LogP contribution is 2.69. The number of benzene rings is 1. The minimum absolute atomic E-state index is 0.0247. The first-order valence-corrected chi connectivity index (χ1v) is 11.7. The Bertz CT molecular complexity index is 1050. The van der Waals surface area contributed by atoms with E-state index in [0.29, 0.717) is 11.7 Å². The monoisotopic (exact) mass is 432 g/mol. The van der Waals surface area contributed by atoms with Crippen LogP contribution in [0.1, 0.15) is 47.1 Å². The number of nitrogens with one attached hydrogen (secondary N) is 2. The molecule has 3 N–H and O–H groups in total. The molecule has 2 heterocycles. The maximum atomic E-state index is 10.9. The second kappa shape index (κ2) is 6.77. The molecule has 0 amide bonds. The summed E-state index contributed by atoms with van der Waals surface area (Å²) in [7, 11) is 0. The summed E-state index contributed by atoms with van der Waals surface area (Å²) >= 11 is 0. The van der Waals surface area contributed by atoms with Gasteiger partial charge in [-0.05, 0) is 34.1 Å². The van der Waals surface area contributed by atoms with E-state index in [2.05, 4.69) is 95.3 Å². The van der Waals surface area contributed by atoms with Gasteiger partial charge in [-0.1, -0.05) is 72.4 Å². The summed E-state index contributed by atoms with van der Waals surface area (Å²) < 4.78 is 5.97. The zero-order chi connectivity index (χ0) is 23.1. The van der Waals surface area contributed by atoms with Crippen molar-refractivity contribution in [3.63, 3.8) is 0 Å². The summed E-state index contributed by atoms with van der Waals surface area (Å²) in [5.41, 5.74) is 5.35. The number of aliphatic hydroxyl groups is 1. The fraction of sp³-hybridized carbons (Fsp3) is 0.500. The fourth-order valence-electron chi connectivity index (χ4n) is 5.97. The molecule has 1 aromatic rings. The number of fused-ring (bicyclic) bond motifs is 5. The van der Waals surface area contributed by atoms with E-state index in [1.165, 1.54) is 11.1 Å². The molecule has 0 bridgehead atoms. The molecule has 170 valence electrons. The van der Waals surface area contributed by atoms with Crippen LogP contribution >= 0.6 is 0 Å². The molecule has 1 saturated carbocycles. The molecule has 32 heavy (non-hydrogen) atoms. The molecule has 1 aromatic carbocycles. The third-order valence-corrected chi connectivity index (χ3v) is 7.76. The zero-order valence-electron chi connectivity index (χ0n) is 20.1. The summed E-state index contributed by atoms with van der Waals surface area (Å²) in [5, 5.41) is 18.1. The third kappa shape index (κ3) is 2.99. The standard InChI is InChI=1S/C28H36N2O2/c1-16(30-23-13-24(31)19(27(5,6)7)12-18(23)26(2,3)4)20-14-29-22-11-9-8-10-17(22)28(20)21-15-32-25(21)28/h8-14,18,21,23,25,29-31H,1,15H2,2-7H3. The highest BCUT2D eigenvalue weighted by molar-refractivity contribution is 5.71. The molecule has 1 spiro atoms. The van der Waals surface area contributed by atoms with Crippen LogP contribution in [0.3, 0.4) is 0 Å². The molecule has 2 fully saturated rings. The van der Waals surface area contributed by atoms with E-state index in [1.54, 1.807) is 0 Å². The van der Waals surface area contributed by atoms with Crippen molar-refractivity contribution in [2.45, 2.75) is 59.1 Å². The van der Waals surface area contributed by atoms with Crippen LogP contribution in [0.5, 0.6) is 0 Å². The molecule has 5 atom stereocenters. The van der Waals surface area contributed by atoms with Gasteiger partial charge in [0.05, 0.1) is 24.2 Å². The Kier molecular flexibility index (Phi) is 4.53. The van der Waals surface area contributed by atoms with Crippen molar-refractivity contribution in [3.8, 4) is 0 Å². The normalized spacial score (nSPS) is 33.0. The maximum absolute atomic E-state index is 10.9. The first-order valence-electron chi connectivity index (χ1n) is 11.7. The Morgan fingerprint density at radius 2 is 1.84 bits per heavy atom. The van der Waals surface area contributed by atoms with Gasteiger partial charge in [0, 0.05) is 35.0 Å². The van der Waals surface area contributed by atoms with Crippen molar-refractivity contribution in [1.29, 1.82) is 0 Å². The molecule has 0 aromatic heterocycles. The average molecular weight is 433 g/mol. The lowest BCUT2D eigenvalue weighted by Crippen LogP contribution is -2.43. The average Bonchev–Trinajstić information content (AvgIpc) is 3.13. The van der Waals surface area contributed by atoms with Crippen LogP contribution in [0.25, 0.3) is 0 Å². The second-order valence-corrected chi connectivity index (χ2v) is 11.9. The van der Waals surface area contributed by atoms with Crippen LogP contribution in [0, 0.1) is 22.7 Å². The van der Waals surface area contributed by atoms with Gasteiger partial charge >= 0.3 is 0 Å². The van der Waals surface area contributed by atoms with E-state index in [9.17, 15) is 5.11 Å². The predicted octanol–water partition coefficient (Wildman–Crippen LogP) is 5.82. The van der Waals surface area contributed by atoms with E-state index in [0.717, 1.165) is 23.6 Å². The fourth-order valence-corrected chi connectivity index (χ4v) is 5.97. The summed E-state index contributed by atoms with van der Waals surface area (Å²) in [6, 6.07) is 8.48. The van der Waals surface area contributed by atoms with Crippen molar-refractivity contribution in [3.05, 3.63) is 77.4 Å². The molecule has 4 nitrogen and oxygen atoms in total. The van der Waals surface area contributed by atoms with Gasteiger partial charge in [0.1, 0.15) is 5.76 Å². The molecule has 2 aliphatic heterocycles. The lowest BCUT2D eigenvalue weighted by Gasteiger charge is -2.41. The number of anilines is 1. The molecule has 4 aliphatic rings. The Morgan fingerprint density at radius 3 is 2.44 bits per heavy atom. The van der Waals surface area contributed by atoms with Crippen molar-refractivity contribution in [2.24, 2.45) is 22.7 Å². The highest BCUT2D eigenvalue weighted by Gasteiger charge is 2.75. The van der Waals surface area contributed by atoms with Crippen LogP contribution in [-0.2, 0) is 10.2 Å². The molecule has 0 radical (unpaired) electrons. The van der Waals surface area contributed by atoms with Crippen LogP contribution in [0.4, 0.5) is 5.69 Å². The van der Waals surface area contributed by atoms with Crippen molar-refractivity contribution in [2.75, 3.05) is 11.9 Å². The molecular weight excluding hydrogens is 396 g/mol. The predicted molar refractivity (Wildman–Crippen MR) is 130 cm³/mol. The quantitative estimate of drug-likeness (QED) is 0.563. The van der Waals surface area contributed by atoms with Crippen molar-refractivity contribution < 1.29 is 9.84 Å². The first kappa shape index (κ1) is 21.4. The van der Waals surface area contributed by atoms with Crippen molar-refractivity contribution >= 4 is 5.69 Å². The largest absolute Gasteiger partial charge is 0.508 e. The summed E-state index contributed by atoms with van der Waals surface area (Å²) in [6.07, 6.45) is 6.59. The van der Waals surface area contributed by atoms with Gasteiger partial charge in [-0.25, -0.2) is 0 Å². The Balaban J connectivity index is 1.46. The lowest BCUT2D eigenvalue weighted by atomic mass is 9.69. The van der Waals surface area contributed by atoms with Gasteiger partial charge in [-0.2, -0.15) is 0 Å². The number of hydrogen-bond donors (Lipinski definition) is 3. The SMILES string of the molecule is C=C(NC1C=C(O)C(C(C)(C)C)=CC1C(C)(C)C)C1=CNc2ccccc2C12C1COC12. The first-order chi connectivity index (χ1) is 15.0. The number of rotatable bonds is 3. The number of aliphatic hydroxyl groups excluding tert-OH is 1. The van der Waals surface area contributed by atoms with Gasteiger partial charge in [-0.15, -0.1) is 0 Å². The third-order valence-electron chi connectivity index (χ3n) is 7.76. The van der Waals surface area contributed by atoms with Gasteiger partial charge in [-0.3, -0.25) is 0 Å². The van der Waals surface area contributed by atoms with E-state index >= 15 is 0 Å². The minimum atomic E-state index is -0.115. The smallest absolute Gasteiger partial charge is 0.117 e. The number of ether oxygens (including phenoxy) is 1. The molecule has 5 unspecified atom stereocenters. The Morgan fingerprint density at radius 1 is 1.16 bits per heavy atom. The van der Waals surface area contributed by atoms with E-state index in [-0.39, 0.29) is 34.3 Å². The van der Waals surface area contributed by atoms with E-state index < -0.39 is 0 Å². The lowest BCUT2D eigenvalue weighted by molar-refractivity contribution is 0.0219. The van der Waals surface area contributed by atoms with Gasteiger partial charge in [0.15, 0.2) is 0 Å². The van der Waals surface area contributed by atoms with Crippen molar-refractivity contribution in [1.82, 2.24) is 5.32 Å². The van der Waals surface area contributed by atoms with E-state index in [1.807, 2.05) is 6.08 Å². The molecule has 5 rings (SSSR count). The van der Waals surface area contributed by atoms with Crippen LogP contribution < -0.4 is 10.6 Å². The molecule has 1 saturated heterocycles. The topological polar surface area (TPSA) is 53.5 Å². The van der Waals surface area contributed by atoms with Crippen LogP contribution in [0.15, 0.2) is 71.8 Å². The Hall–Kier alpha value is -2.46. The van der Waals surface area contributed by atoms with Gasteiger partial charge in [0.2, 0.25) is 0 Å². The summed E-state index contributed by atoms with van der Waals surface area (Å²) in [6.45, 7) is 18.5. The zero-order valence-corrected chi connectivity index (χ0v) is 20.1. The highest BCUT2D eigenvalue weighted by atomic mass is 16.5. The molecule has 4 heteroatoms. The molecule has 2 aliphatic carbocycles. The van der Waals surface area contributed by atoms with Crippen LogP contribution in [-0.4, -0.2) is 23.9 Å². The van der Waals surface area contributed by atoms with Gasteiger partial charge < -0.3 is 20.5 Å². The second-order valence-electron chi connectivity index (χ2n) is 11.9. The Labute approximate surface area is 192 Å². The number of para-hydroxylation sites is 1. The van der Waals surface area contributed by atoms with Crippen LogP contribution in [0.2, 0.25) is 0 Å². The summed E-state index contributed by atoms with van der Waals surface area (Å²) in [4.78, 5) is 0.